The highest BCUT2D eigenvalue weighted by Crippen LogP contribution is 2.44. The van der Waals surface area contributed by atoms with E-state index in [9.17, 15) is 9.90 Å². The number of carbonyl (C=O) groups is 1. The second-order valence-corrected chi connectivity index (χ2v) is 9.01. The summed E-state index contributed by atoms with van der Waals surface area (Å²) in [7, 11) is 0. The molecule has 1 aliphatic rings. The first kappa shape index (κ1) is 22.8. The van der Waals surface area contributed by atoms with E-state index in [0.29, 0.717) is 5.75 Å². The highest BCUT2D eigenvalue weighted by atomic mass is 16.3. The van der Waals surface area contributed by atoms with Crippen LogP contribution in [0.5, 0.6) is 5.75 Å². The van der Waals surface area contributed by atoms with E-state index in [0.717, 1.165) is 60.9 Å². The van der Waals surface area contributed by atoms with Crippen LogP contribution in [0.25, 0.3) is 0 Å². The van der Waals surface area contributed by atoms with Crippen molar-refractivity contribution in [2.45, 2.75) is 111 Å². The summed E-state index contributed by atoms with van der Waals surface area (Å²) in [5, 5.41) is 13.4. The third-order valence-electron chi connectivity index (χ3n) is 6.86. The molecule has 0 aromatic heterocycles. The summed E-state index contributed by atoms with van der Waals surface area (Å²) < 4.78 is 0. The minimum atomic E-state index is -0.186. The van der Waals surface area contributed by atoms with Gasteiger partial charge in [-0.15, -0.1) is 0 Å². The Balaban J connectivity index is 1.91. The van der Waals surface area contributed by atoms with Gasteiger partial charge in [0.15, 0.2) is 0 Å². The van der Waals surface area contributed by atoms with E-state index >= 15 is 0 Å². The lowest BCUT2D eigenvalue weighted by Gasteiger charge is -2.28. The molecule has 0 heterocycles. The molecule has 0 atom stereocenters. The molecule has 0 saturated heterocycles. The number of hydrogen-bond donors (Lipinski definition) is 2. The average Bonchev–Trinajstić information content (AvgIpc) is 3.16. The SMILES string of the molecule is CCCCCCCCCCC1(C(=O)Nc2cc(C)c(O)c(C)c2C)CCCC1. The molecule has 0 unspecified atom stereocenters. The van der Waals surface area contributed by atoms with E-state index < -0.39 is 0 Å². The minimum absolute atomic E-state index is 0.186. The molecule has 0 aliphatic heterocycles. The highest BCUT2D eigenvalue weighted by molar-refractivity contribution is 5.96. The van der Waals surface area contributed by atoms with Crippen LogP contribution in [-0.2, 0) is 4.79 Å². The van der Waals surface area contributed by atoms with Gasteiger partial charge in [-0.05, 0) is 62.8 Å². The zero-order valence-corrected chi connectivity index (χ0v) is 18.6. The Hall–Kier alpha value is -1.51. The summed E-state index contributed by atoms with van der Waals surface area (Å²) >= 11 is 0. The molecule has 2 rings (SSSR count). The molecule has 1 aromatic rings. The van der Waals surface area contributed by atoms with Gasteiger partial charge in [0.1, 0.15) is 5.75 Å². The zero-order chi connectivity index (χ0) is 20.6. The maximum atomic E-state index is 13.3. The fraction of sp³-hybridized carbons (Fsp3) is 0.720. The Morgan fingerprint density at radius 2 is 1.54 bits per heavy atom. The van der Waals surface area contributed by atoms with Gasteiger partial charge in [0, 0.05) is 11.1 Å². The zero-order valence-electron chi connectivity index (χ0n) is 18.6. The molecule has 0 bridgehead atoms. The molecule has 1 amide bonds. The number of nitrogens with one attached hydrogen (secondary N) is 1. The van der Waals surface area contributed by atoms with E-state index in [4.69, 9.17) is 0 Å². The van der Waals surface area contributed by atoms with Gasteiger partial charge in [-0.2, -0.15) is 0 Å². The van der Waals surface area contributed by atoms with Crippen LogP contribution in [-0.4, -0.2) is 11.0 Å². The smallest absolute Gasteiger partial charge is 0.230 e. The highest BCUT2D eigenvalue weighted by Gasteiger charge is 2.40. The maximum Gasteiger partial charge on any atom is 0.230 e. The molecule has 1 fully saturated rings. The van der Waals surface area contributed by atoms with Crippen LogP contribution in [0.4, 0.5) is 5.69 Å². The first-order chi connectivity index (χ1) is 13.4. The third-order valence-corrected chi connectivity index (χ3v) is 6.86. The number of carbonyl (C=O) groups excluding carboxylic acids is 1. The third kappa shape index (κ3) is 5.75. The number of phenolic OH excluding ortho intramolecular Hbond substituents is 1. The van der Waals surface area contributed by atoms with Crippen LogP contribution in [0.1, 0.15) is 107 Å². The summed E-state index contributed by atoms with van der Waals surface area (Å²) in [6.45, 7) is 8.04. The van der Waals surface area contributed by atoms with Gasteiger partial charge in [0.25, 0.3) is 0 Å². The van der Waals surface area contributed by atoms with Gasteiger partial charge in [-0.3, -0.25) is 4.79 Å². The van der Waals surface area contributed by atoms with Crippen molar-refractivity contribution < 1.29 is 9.90 Å². The van der Waals surface area contributed by atoms with Gasteiger partial charge >= 0.3 is 0 Å². The second-order valence-electron chi connectivity index (χ2n) is 9.01. The molecular formula is C25H41NO2. The lowest BCUT2D eigenvalue weighted by molar-refractivity contribution is -0.125. The summed E-state index contributed by atoms with van der Waals surface area (Å²) in [5.74, 6) is 0.533. The number of anilines is 1. The first-order valence-corrected chi connectivity index (χ1v) is 11.5. The largest absolute Gasteiger partial charge is 0.507 e. The van der Waals surface area contributed by atoms with Crippen molar-refractivity contribution >= 4 is 11.6 Å². The van der Waals surface area contributed by atoms with Crippen molar-refractivity contribution in [3.8, 4) is 5.75 Å². The lowest BCUT2D eigenvalue weighted by Crippen LogP contribution is -2.34. The van der Waals surface area contributed by atoms with Crippen LogP contribution < -0.4 is 5.32 Å². The first-order valence-electron chi connectivity index (χ1n) is 11.5. The number of amides is 1. The van der Waals surface area contributed by atoms with E-state index in [-0.39, 0.29) is 11.3 Å². The standard InChI is InChI=1S/C25H41NO2/c1-5-6-7-8-9-10-11-12-15-25(16-13-14-17-25)24(28)26-22-18-19(2)23(27)21(4)20(22)3/h18,27H,5-17H2,1-4H3,(H,26,28). The summed E-state index contributed by atoms with van der Waals surface area (Å²) in [4.78, 5) is 13.3. The molecule has 1 aliphatic carbocycles. The monoisotopic (exact) mass is 387 g/mol. The van der Waals surface area contributed by atoms with E-state index in [1.807, 2.05) is 26.8 Å². The quantitative estimate of drug-likeness (QED) is 0.308. The fourth-order valence-corrected chi connectivity index (χ4v) is 4.69. The van der Waals surface area contributed by atoms with E-state index in [1.54, 1.807) is 0 Å². The number of aromatic hydroxyl groups is 1. The van der Waals surface area contributed by atoms with Crippen molar-refractivity contribution in [2.75, 3.05) is 5.32 Å². The van der Waals surface area contributed by atoms with Gasteiger partial charge in [0.2, 0.25) is 5.91 Å². The number of rotatable bonds is 11. The van der Waals surface area contributed by atoms with Crippen molar-refractivity contribution in [1.82, 2.24) is 0 Å². The van der Waals surface area contributed by atoms with Crippen LogP contribution in [0.2, 0.25) is 0 Å². The number of hydrogen-bond acceptors (Lipinski definition) is 2. The van der Waals surface area contributed by atoms with Crippen LogP contribution in [0.3, 0.4) is 0 Å². The van der Waals surface area contributed by atoms with E-state index in [1.165, 1.54) is 44.9 Å². The average molecular weight is 388 g/mol. The Labute approximate surface area is 172 Å². The Morgan fingerprint density at radius 3 is 2.14 bits per heavy atom. The predicted molar refractivity (Wildman–Crippen MR) is 119 cm³/mol. The molecule has 0 radical (unpaired) electrons. The topological polar surface area (TPSA) is 49.3 Å². The van der Waals surface area contributed by atoms with Crippen molar-refractivity contribution in [3.05, 3.63) is 22.8 Å². The normalized spacial score (nSPS) is 15.7. The molecule has 3 heteroatoms. The van der Waals surface area contributed by atoms with Crippen LogP contribution in [0, 0.1) is 26.2 Å². The molecule has 2 N–H and O–H groups in total. The van der Waals surface area contributed by atoms with Gasteiger partial charge in [0.05, 0.1) is 0 Å². The molecule has 1 saturated carbocycles. The Bertz CT molecular complexity index is 644. The second kappa shape index (κ2) is 10.9. The van der Waals surface area contributed by atoms with Crippen LogP contribution in [0.15, 0.2) is 6.07 Å². The maximum absolute atomic E-state index is 13.3. The molecule has 0 spiro atoms. The van der Waals surface area contributed by atoms with Crippen molar-refractivity contribution in [1.29, 1.82) is 0 Å². The number of aryl methyl sites for hydroxylation is 1. The summed E-state index contributed by atoms with van der Waals surface area (Å²) in [6, 6.07) is 1.91. The molecule has 3 nitrogen and oxygen atoms in total. The predicted octanol–water partition coefficient (Wildman–Crippen LogP) is 7.35. The van der Waals surface area contributed by atoms with Gasteiger partial charge in [-0.1, -0.05) is 71.1 Å². The fourth-order valence-electron chi connectivity index (χ4n) is 4.69. The molecule has 158 valence electrons. The van der Waals surface area contributed by atoms with Crippen molar-refractivity contribution in [3.63, 3.8) is 0 Å². The summed E-state index contributed by atoms with van der Waals surface area (Å²) in [6.07, 6.45) is 15.8. The van der Waals surface area contributed by atoms with Crippen LogP contribution >= 0.6 is 0 Å². The van der Waals surface area contributed by atoms with Gasteiger partial charge in [-0.25, -0.2) is 0 Å². The molecule has 28 heavy (non-hydrogen) atoms. The number of phenols is 1. The summed E-state index contributed by atoms with van der Waals surface area (Å²) in [5.41, 5.74) is 3.33. The Morgan fingerprint density at radius 1 is 0.964 bits per heavy atom. The number of benzene rings is 1. The molecule has 1 aromatic carbocycles. The van der Waals surface area contributed by atoms with Crippen molar-refractivity contribution in [2.24, 2.45) is 5.41 Å². The Kier molecular flexibility index (Phi) is 8.85. The van der Waals surface area contributed by atoms with Gasteiger partial charge < -0.3 is 10.4 Å². The van der Waals surface area contributed by atoms with E-state index in [2.05, 4.69) is 12.2 Å². The minimum Gasteiger partial charge on any atom is -0.507 e. The molecular weight excluding hydrogens is 346 g/mol. The lowest BCUT2D eigenvalue weighted by atomic mass is 9.79. The number of unbranched alkanes of at least 4 members (excludes halogenated alkanes) is 7.